The number of ketones is 1. The molecule has 0 unspecified atom stereocenters. The van der Waals surface area contributed by atoms with Crippen molar-refractivity contribution in [2.24, 2.45) is 16.7 Å². The Balaban J connectivity index is 2.06. The van der Waals surface area contributed by atoms with Crippen molar-refractivity contribution in [3.63, 3.8) is 0 Å². The van der Waals surface area contributed by atoms with Gasteiger partial charge in [0.05, 0.1) is 12.2 Å². The van der Waals surface area contributed by atoms with Crippen LogP contribution >= 0.6 is 0 Å². The SMILES string of the molecule is [C-]#[N+]C1=C[C@]2(C)C[C@](O)(c3ccccc3)CC[C@H]2C(C)(C)C1=O. The van der Waals surface area contributed by atoms with E-state index in [1.165, 1.54) is 0 Å². The van der Waals surface area contributed by atoms with Crippen molar-refractivity contribution in [1.29, 1.82) is 0 Å². The molecule has 0 bridgehead atoms. The standard InChI is InChI=1S/C20H23NO2/c1-18(2)16-10-11-20(23,14-8-6-5-7-9-14)13-19(16,3)12-15(21-4)17(18)22/h5-9,12,16,23H,10-11,13H2,1-3H3/t16-,19+,20-/m0/s1. The highest BCUT2D eigenvalue weighted by Crippen LogP contribution is 2.59. The summed E-state index contributed by atoms with van der Waals surface area (Å²) >= 11 is 0. The van der Waals surface area contributed by atoms with Gasteiger partial charge in [0, 0.05) is 5.41 Å². The summed E-state index contributed by atoms with van der Waals surface area (Å²) in [4.78, 5) is 16.0. The summed E-state index contributed by atoms with van der Waals surface area (Å²) < 4.78 is 0. The molecule has 2 aliphatic rings. The van der Waals surface area contributed by atoms with Crippen LogP contribution in [0.1, 0.15) is 45.6 Å². The first kappa shape index (κ1) is 16.0. The molecule has 3 heteroatoms. The number of fused-ring (bicyclic) bond motifs is 1. The average molecular weight is 309 g/mol. The first-order chi connectivity index (χ1) is 10.7. The summed E-state index contributed by atoms with van der Waals surface area (Å²) in [6.07, 6.45) is 3.80. The molecular weight excluding hydrogens is 286 g/mol. The van der Waals surface area contributed by atoms with Crippen LogP contribution in [-0.4, -0.2) is 10.9 Å². The minimum atomic E-state index is -0.896. The van der Waals surface area contributed by atoms with E-state index >= 15 is 0 Å². The van der Waals surface area contributed by atoms with Crippen molar-refractivity contribution < 1.29 is 9.90 Å². The number of carbonyl (C=O) groups excluding carboxylic acids is 1. The molecule has 0 aliphatic heterocycles. The Morgan fingerprint density at radius 1 is 1.22 bits per heavy atom. The lowest BCUT2D eigenvalue weighted by atomic mass is 9.50. The Morgan fingerprint density at radius 2 is 1.87 bits per heavy atom. The first-order valence-corrected chi connectivity index (χ1v) is 8.16. The van der Waals surface area contributed by atoms with Crippen LogP contribution in [0.15, 0.2) is 42.1 Å². The molecule has 3 nitrogen and oxygen atoms in total. The molecule has 1 aromatic rings. The van der Waals surface area contributed by atoms with Crippen LogP contribution in [0, 0.1) is 23.3 Å². The minimum Gasteiger partial charge on any atom is -0.385 e. The van der Waals surface area contributed by atoms with E-state index in [-0.39, 0.29) is 22.8 Å². The fraction of sp³-hybridized carbons (Fsp3) is 0.500. The molecule has 3 rings (SSSR count). The lowest BCUT2D eigenvalue weighted by Gasteiger charge is -2.54. The largest absolute Gasteiger partial charge is 0.385 e. The van der Waals surface area contributed by atoms with E-state index in [2.05, 4.69) is 11.8 Å². The third-order valence-corrected chi connectivity index (χ3v) is 5.90. The quantitative estimate of drug-likeness (QED) is 0.794. The van der Waals surface area contributed by atoms with Crippen LogP contribution in [0.25, 0.3) is 4.85 Å². The summed E-state index contributed by atoms with van der Waals surface area (Å²) in [5.41, 5.74) is -0.646. The predicted molar refractivity (Wildman–Crippen MR) is 89.3 cm³/mol. The smallest absolute Gasteiger partial charge is 0.226 e. The molecule has 1 aromatic carbocycles. The van der Waals surface area contributed by atoms with Gasteiger partial charge in [0.1, 0.15) is 0 Å². The monoisotopic (exact) mass is 309 g/mol. The number of hydrogen-bond donors (Lipinski definition) is 1. The van der Waals surface area contributed by atoms with Crippen molar-refractivity contribution in [2.75, 3.05) is 0 Å². The molecule has 0 aromatic heterocycles. The Bertz CT molecular complexity index is 713. The number of rotatable bonds is 1. The Kier molecular flexibility index (Phi) is 3.50. The topological polar surface area (TPSA) is 41.7 Å². The number of Topliss-reactive ketones (excluding diaryl/α,β-unsaturated/α-hetero) is 1. The number of carbonyl (C=O) groups is 1. The summed E-state index contributed by atoms with van der Waals surface area (Å²) in [5, 5.41) is 11.3. The Morgan fingerprint density at radius 3 is 2.48 bits per heavy atom. The Labute approximate surface area is 137 Å². The van der Waals surface area contributed by atoms with E-state index in [1.807, 2.05) is 50.3 Å². The fourth-order valence-electron chi connectivity index (χ4n) is 4.84. The lowest BCUT2D eigenvalue weighted by molar-refractivity contribution is -0.138. The van der Waals surface area contributed by atoms with E-state index in [4.69, 9.17) is 6.57 Å². The van der Waals surface area contributed by atoms with Gasteiger partial charge in [-0.05, 0) is 36.2 Å². The normalized spacial score (nSPS) is 35.9. The van der Waals surface area contributed by atoms with Crippen LogP contribution in [-0.2, 0) is 10.4 Å². The zero-order chi connectivity index (χ0) is 16.9. The molecular formula is C20H23NO2. The van der Waals surface area contributed by atoms with E-state index in [1.54, 1.807) is 0 Å². The number of allylic oxidation sites excluding steroid dienone is 2. The summed E-state index contributed by atoms with van der Waals surface area (Å²) in [6, 6.07) is 9.75. The molecule has 0 radical (unpaired) electrons. The average Bonchev–Trinajstić information content (AvgIpc) is 2.51. The van der Waals surface area contributed by atoms with Crippen LogP contribution in [0.5, 0.6) is 0 Å². The van der Waals surface area contributed by atoms with Gasteiger partial charge in [-0.3, -0.25) is 0 Å². The zero-order valence-electron chi connectivity index (χ0n) is 14.0. The third kappa shape index (κ3) is 2.33. The fourth-order valence-corrected chi connectivity index (χ4v) is 4.84. The maximum Gasteiger partial charge on any atom is 0.226 e. The highest BCUT2D eigenvalue weighted by Gasteiger charge is 2.56. The molecule has 0 saturated heterocycles. The maximum absolute atomic E-state index is 12.6. The van der Waals surface area contributed by atoms with Crippen molar-refractivity contribution in [3.05, 3.63) is 59.1 Å². The lowest BCUT2D eigenvalue weighted by Crippen LogP contribution is -2.52. The molecule has 120 valence electrons. The van der Waals surface area contributed by atoms with Gasteiger partial charge < -0.3 is 9.90 Å². The van der Waals surface area contributed by atoms with Gasteiger partial charge >= 0.3 is 0 Å². The van der Waals surface area contributed by atoms with Crippen LogP contribution in [0.2, 0.25) is 0 Å². The van der Waals surface area contributed by atoms with Gasteiger partial charge in [0.15, 0.2) is 5.78 Å². The molecule has 23 heavy (non-hydrogen) atoms. The van der Waals surface area contributed by atoms with E-state index in [0.29, 0.717) is 12.8 Å². The van der Waals surface area contributed by atoms with Gasteiger partial charge in [-0.25, -0.2) is 4.85 Å². The number of benzene rings is 1. The second-order valence-electron chi connectivity index (χ2n) is 7.86. The van der Waals surface area contributed by atoms with Gasteiger partial charge in [0.25, 0.3) is 0 Å². The maximum atomic E-state index is 12.6. The number of hydrogen-bond acceptors (Lipinski definition) is 2. The second kappa shape index (κ2) is 5.04. The predicted octanol–water partition coefficient (Wildman–Crippen LogP) is 4.09. The number of aliphatic hydroxyl groups is 1. The van der Waals surface area contributed by atoms with Gasteiger partial charge in [-0.15, -0.1) is 0 Å². The molecule has 0 spiro atoms. The van der Waals surface area contributed by atoms with Gasteiger partial charge in [-0.2, -0.15) is 0 Å². The molecule has 0 amide bonds. The van der Waals surface area contributed by atoms with Crippen molar-refractivity contribution >= 4 is 5.78 Å². The zero-order valence-corrected chi connectivity index (χ0v) is 14.0. The summed E-state index contributed by atoms with van der Waals surface area (Å²) in [5.74, 6) is 0.0945. The molecule has 3 atom stereocenters. The molecule has 1 fully saturated rings. The third-order valence-electron chi connectivity index (χ3n) is 5.90. The Hall–Kier alpha value is -1.92. The number of nitrogens with zero attached hydrogens (tertiary/aromatic N) is 1. The molecule has 0 heterocycles. The highest BCUT2D eigenvalue weighted by molar-refractivity contribution is 6.02. The van der Waals surface area contributed by atoms with Crippen LogP contribution < -0.4 is 0 Å². The van der Waals surface area contributed by atoms with E-state index < -0.39 is 11.0 Å². The van der Waals surface area contributed by atoms with Gasteiger partial charge in [-0.1, -0.05) is 57.2 Å². The first-order valence-electron chi connectivity index (χ1n) is 8.16. The highest BCUT2D eigenvalue weighted by atomic mass is 16.3. The van der Waals surface area contributed by atoms with Gasteiger partial charge in [0.2, 0.25) is 5.70 Å². The van der Waals surface area contributed by atoms with Crippen LogP contribution in [0.3, 0.4) is 0 Å². The van der Waals surface area contributed by atoms with Crippen molar-refractivity contribution in [1.82, 2.24) is 0 Å². The van der Waals surface area contributed by atoms with E-state index in [0.717, 1.165) is 12.0 Å². The molecule has 2 aliphatic carbocycles. The molecule has 1 N–H and O–H groups in total. The molecule has 1 saturated carbocycles. The minimum absolute atomic E-state index is 0.0554. The van der Waals surface area contributed by atoms with Crippen molar-refractivity contribution in [2.45, 2.75) is 45.6 Å². The van der Waals surface area contributed by atoms with Crippen LogP contribution in [0.4, 0.5) is 0 Å². The van der Waals surface area contributed by atoms with Crippen molar-refractivity contribution in [3.8, 4) is 0 Å². The van der Waals surface area contributed by atoms with E-state index in [9.17, 15) is 9.90 Å². The second-order valence-corrected chi connectivity index (χ2v) is 7.86. The summed E-state index contributed by atoms with van der Waals surface area (Å²) in [6.45, 7) is 13.3. The summed E-state index contributed by atoms with van der Waals surface area (Å²) in [7, 11) is 0.